The second-order valence-electron chi connectivity index (χ2n) is 6.22. The van der Waals surface area contributed by atoms with Crippen molar-refractivity contribution in [1.29, 1.82) is 0 Å². The maximum Gasteiger partial charge on any atom is 0.124 e. The van der Waals surface area contributed by atoms with Gasteiger partial charge in [0.25, 0.3) is 0 Å². The summed E-state index contributed by atoms with van der Waals surface area (Å²) in [6.07, 6.45) is 4.01. The molecule has 3 aromatic rings. The molecule has 0 aliphatic carbocycles. The predicted molar refractivity (Wildman–Crippen MR) is 102 cm³/mol. The Morgan fingerprint density at radius 1 is 1.20 bits per heavy atom. The summed E-state index contributed by atoms with van der Waals surface area (Å²) in [4.78, 5) is 7.93. The van der Waals surface area contributed by atoms with Crippen molar-refractivity contribution < 1.29 is 4.74 Å². The number of nitrogens with one attached hydrogen (secondary N) is 2. The minimum absolute atomic E-state index is 0.290. The number of nitrogens with zero attached hydrogens (tertiary/aromatic N) is 1. The van der Waals surface area contributed by atoms with Crippen molar-refractivity contribution in [3.8, 4) is 17.0 Å². The zero-order chi connectivity index (χ0) is 17.1. The maximum atomic E-state index is 5.84. The molecule has 0 saturated heterocycles. The topological polar surface area (TPSA) is 49.9 Å². The van der Waals surface area contributed by atoms with Crippen LogP contribution in [0.4, 0.5) is 0 Å². The van der Waals surface area contributed by atoms with Gasteiger partial charge in [0.15, 0.2) is 0 Å². The van der Waals surface area contributed by atoms with Gasteiger partial charge in [0.05, 0.1) is 25.0 Å². The van der Waals surface area contributed by atoms with Crippen molar-refractivity contribution in [3.05, 3.63) is 70.6 Å². The Bertz CT molecular complexity index is 861. The van der Waals surface area contributed by atoms with Gasteiger partial charge in [0.2, 0.25) is 0 Å². The molecular formula is C20H20BrN3O. The third-order valence-electron chi connectivity index (χ3n) is 4.47. The van der Waals surface area contributed by atoms with Crippen LogP contribution in [0.3, 0.4) is 0 Å². The molecule has 1 aliphatic rings. The van der Waals surface area contributed by atoms with E-state index in [1.807, 2.05) is 30.5 Å². The summed E-state index contributed by atoms with van der Waals surface area (Å²) in [5, 5.41) is 3.63. The fourth-order valence-electron chi connectivity index (χ4n) is 3.21. The maximum absolute atomic E-state index is 5.84. The molecule has 0 radical (unpaired) electrons. The normalized spacial score (nSPS) is 16.8. The number of para-hydroxylation sites is 1. The van der Waals surface area contributed by atoms with Gasteiger partial charge in [-0.25, -0.2) is 4.98 Å². The van der Waals surface area contributed by atoms with E-state index in [-0.39, 0.29) is 6.04 Å². The molecule has 1 aliphatic heterocycles. The summed E-state index contributed by atoms with van der Waals surface area (Å²) in [6, 6.07) is 16.8. The van der Waals surface area contributed by atoms with Crippen LogP contribution in [0.5, 0.6) is 5.75 Å². The SMILES string of the molecule is Brc1cccc(-c2cnc(CNC3CCCOc4ccccc43)[nH]2)c1. The number of rotatable bonds is 4. The van der Waals surface area contributed by atoms with Gasteiger partial charge in [-0.3, -0.25) is 0 Å². The largest absolute Gasteiger partial charge is 0.493 e. The highest BCUT2D eigenvalue weighted by molar-refractivity contribution is 9.10. The van der Waals surface area contributed by atoms with E-state index in [4.69, 9.17) is 4.74 Å². The molecule has 2 N–H and O–H groups in total. The lowest BCUT2D eigenvalue weighted by Gasteiger charge is -2.17. The average molecular weight is 398 g/mol. The van der Waals surface area contributed by atoms with Gasteiger partial charge in [-0.2, -0.15) is 0 Å². The number of fused-ring (bicyclic) bond motifs is 1. The number of benzene rings is 2. The van der Waals surface area contributed by atoms with E-state index in [1.165, 1.54) is 5.56 Å². The molecule has 5 heteroatoms. The number of ether oxygens (including phenoxy) is 1. The Kier molecular flexibility index (Phi) is 4.85. The first kappa shape index (κ1) is 16.4. The smallest absolute Gasteiger partial charge is 0.124 e. The fraction of sp³-hybridized carbons (Fsp3) is 0.250. The van der Waals surface area contributed by atoms with Gasteiger partial charge in [-0.15, -0.1) is 0 Å². The molecule has 2 aromatic carbocycles. The van der Waals surface area contributed by atoms with Gasteiger partial charge in [0.1, 0.15) is 11.6 Å². The Balaban J connectivity index is 1.47. The van der Waals surface area contributed by atoms with Crippen LogP contribution in [0, 0.1) is 0 Å². The molecule has 1 aromatic heterocycles. The van der Waals surface area contributed by atoms with Crippen molar-refractivity contribution in [2.24, 2.45) is 0 Å². The molecule has 0 bridgehead atoms. The first-order chi connectivity index (χ1) is 12.3. The number of hydrogen-bond acceptors (Lipinski definition) is 3. The van der Waals surface area contributed by atoms with Crippen LogP contribution in [-0.2, 0) is 6.54 Å². The number of hydrogen-bond donors (Lipinski definition) is 2. The van der Waals surface area contributed by atoms with E-state index in [2.05, 4.69) is 55.5 Å². The third-order valence-corrected chi connectivity index (χ3v) is 4.96. The molecule has 0 saturated carbocycles. The first-order valence-corrected chi connectivity index (χ1v) is 9.34. The highest BCUT2D eigenvalue weighted by Crippen LogP contribution is 2.31. The van der Waals surface area contributed by atoms with Crippen molar-refractivity contribution >= 4 is 15.9 Å². The molecule has 4 nitrogen and oxygen atoms in total. The van der Waals surface area contributed by atoms with Crippen LogP contribution >= 0.6 is 15.9 Å². The Hall–Kier alpha value is -2.11. The van der Waals surface area contributed by atoms with Crippen LogP contribution in [-0.4, -0.2) is 16.6 Å². The van der Waals surface area contributed by atoms with Crippen molar-refractivity contribution in [2.45, 2.75) is 25.4 Å². The van der Waals surface area contributed by atoms with Crippen molar-refractivity contribution in [1.82, 2.24) is 15.3 Å². The zero-order valence-corrected chi connectivity index (χ0v) is 15.4. The van der Waals surface area contributed by atoms with Gasteiger partial charge >= 0.3 is 0 Å². The highest BCUT2D eigenvalue weighted by atomic mass is 79.9. The summed E-state index contributed by atoms with van der Waals surface area (Å²) in [6.45, 7) is 1.48. The van der Waals surface area contributed by atoms with E-state index >= 15 is 0 Å². The predicted octanol–water partition coefficient (Wildman–Crippen LogP) is 4.84. The molecule has 128 valence electrons. The van der Waals surface area contributed by atoms with Crippen LogP contribution in [0.15, 0.2) is 59.2 Å². The van der Waals surface area contributed by atoms with Gasteiger partial charge in [0, 0.05) is 21.6 Å². The van der Waals surface area contributed by atoms with Crippen molar-refractivity contribution in [3.63, 3.8) is 0 Å². The summed E-state index contributed by atoms with van der Waals surface area (Å²) in [7, 11) is 0. The number of aromatic nitrogens is 2. The van der Waals surface area contributed by atoms with E-state index < -0.39 is 0 Å². The molecule has 0 amide bonds. The minimum Gasteiger partial charge on any atom is -0.493 e. The minimum atomic E-state index is 0.290. The summed E-state index contributed by atoms with van der Waals surface area (Å²) in [5.41, 5.74) is 3.39. The van der Waals surface area contributed by atoms with Crippen LogP contribution in [0.1, 0.15) is 30.3 Å². The molecule has 4 rings (SSSR count). The number of imidazole rings is 1. The molecule has 0 fully saturated rings. The Morgan fingerprint density at radius 3 is 3.04 bits per heavy atom. The van der Waals surface area contributed by atoms with Crippen molar-refractivity contribution in [2.75, 3.05) is 6.61 Å². The molecular weight excluding hydrogens is 378 g/mol. The van der Waals surface area contributed by atoms with E-state index in [1.54, 1.807) is 0 Å². The molecule has 25 heavy (non-hydrogen) atoms. The van der Waals surface area contributed by atoms with Gasteiger partial charge < -0.3 is 15.0 Å². The second-order valence-corrected chi connectivity index (χ2v) is 7.13. The molecule has 1 unspecified atom stereocenters. The fourth-order valence-corrected chi connectivity index (χ4v) is 3.61. The monoisotopic (exact) mass is 397 g/mol. The van der Waals surface area contributed by atoms with Crippen LogP contribution < -0.4 is 10.1 Å². The summed E-state index contributed by atoms with van der Waals surface area (Å²) in [5.74, 6) is 1.93. The number of halogens is 1. The third kappa shape index (κ3) is 3.78. The standard InChI is InChI=1S/C20H20BrN3O/c21-15-6-3-5-14(11-15)18-12-23-20(24-18)13-22-17-8-4-10-25-19-9-2-1-7-16(17)19/h1-3,5-7,9,11-12,17,22H,4,8,10,13H2,(H,23,24). The molecule has 0 spiro atoms. The first-order valence-electron chi connectivity index (χ1n) is 8.54. The van der Waals surface area contributed by atoms with E-state index in [0.717, 1.165) is 46.8 Å². The zero-order valence-electron chi connectivity index (χ0n) is 13.8. The average Bonchev–Trinajstić information content (AvgIpc) is 3.01. The lowest BCUT2D eigenvalue weighted by atomic mass is 10.0. The highest BCUT2D eigenvalue weighted by Gasteiger charge is 2.19. The number of aromatic amines is 1. The van der Waals surface area contributed by atoms with Crippen LogP contribution in [0.2, 0.25) is 0 Å². The molecule has 1 atom stereocenters. The quantitative estimate of drug-likeness (QED) is 0.661. The lowest BCUT2D eigenvalue weighted by Crippen LogP contribution is -2.21. The Morgan fingerprint density at radius 2 is 2.12 bits per heavy atom. The Labute approximate surface area is 155 Å². The van der Waals surface area contributed by atoms with Gasteiger partial charge in [-0.1, -0.05) is 46.3 Å². The van der Waals surface area contributed by atoms with E-state index in [9.17, 15) is 0 Å². The lowest BCUT2D eigenvalue weighted by molar-refractivity contribution is 0.315. The number of H-pyrrole nitrogens is 1. The summed E-state index contributed by atoms with van der Waals surface area (Å²) >= 11 is 3.51. The van der Waals surface area contributed by atoms with Crippen LogP contribution in [0.25, 0.3) is 11.3 Å². The second kappa shape index (κ2) is 7.42. The summed E-state index contributed by atoms with van der Waals surface area (Å²) < 4.78 is 6.90. The van der Waals surface area contributed by atoms with E-state index in [0.29, 0.717) is 6.54 Å². The van der Waals surface area contributed by atoms with Gasteiger partial charge in [-0.05, 0) is 31.0 Å². The molecule has 2 heterocycles.